The predicted octanol–water partition coefficient (Wildman–Crippen LogP) is 2.28. The van der Waals surface area contributed by atoms with Crippen molar-refractivity contribution < 1.29 is 14.8 Å². The molecule has 0 aliphatic carbocycles. The Labute approximate surface area is 117 Å². The molecule has 0 bridgehead atoms. The maximum atomic E-state index is 10.8. The number of anilines is 1. The number of hydrogen-bond donors (Lipinski definition) is 1. The third-order valence-electron chi connectivity index (χ3n) is 2.16. The largest absolute Gasteiger partial charge is 0.480 e. The van der Waals surface area contributed by atoms with E-state index in [0.29, 0.717) is 15.8 Å². The first-order valence-electron chi connectivity index (χ1n) is 4.97. The number of benzene rings is 1. The van der Waals surface area contributed by atoms with E-state index in [9.17, 15) is 14.9 Å². The van der Waals surface area contributed by atoms with Gasteiger partial charge >= 0.3 is 5.97 Å². The lowest BCUT2D eigenvalue weighted by Crippen LogP contribution is -2.30. The SMILES string of the molecule is C=CCN(CC(=O)O)c1ccc([N+](=O)[O-])cc1I. The summed E-state index contributed by atoms with van der Waals surface area (Å²) < 4.78 is 0.630. The number of rotatable bonds is 6. The van der Waals surface area contributed by atoms with E-state index in [1.165, 1.54) is 12.1 Å². The normalized spacial score (nSPS) is 9.83. The van der Waals surface area contributed by atoms with Gasteiger partial charge in [-0.1, -0.05) is 6.08 Å². The summed E-state index contributed by atoms with van der Waals surface area (Å²) in [6.07, 6.45) is 1.58. The number of halogens is 1. The minimum atomic E-state index is -0.967. The zero-order chi connectivity index (χ0) is 13.7. The van der Waals surface area contributed by atoms with Crippen molar-refractivity contribution in [2.24, 2.45) is 0 Å². The third kappa shape index (κ3) is 3.69. The lowest BCUT2D eigenvalue weighted by atomic mass is 10.2. The number of carboxylic acid groups (broad SMARTS) is 1. The van der Waals surface area contributed by atoms with Crippen molar-refractivity contribution in [1.82, 2.24) is 0 Å². The minimum Gasteiger partial charge on any atom is -0.480 e. The number of nitrogens with zero attached hydrogens (tertiary/aromatic N) is 2. The van der Waals surface area contributed by atoms with Crippen LogP contribution >= 0.6 is 22.6 Å². The minimum absolute atomic E-state index is 0.0166. The average Bonchev–Trinajstić information content (AvgIpc) is 2.27. The zero-order valence-corrected chi connectivity index (χ0v) is 11.5. The zero-order valence-electron chi connectivity index (χ0n) is 9.38. The molecule has 7 heteroatoms. The molecule has 0 aliphatic rings. The molecule has 18 heavy (non-hydrogen) atoms. The number of carbonyl (C=O) groups is 1. The van der Waals surface area contributed by atoms with Gasteiger partial charge in [0.15, 0.2) is 0 Å². The van der Waals surface area contributed by atoms with Crippen molar-refractivity contribution in [1.29, 1.82) is 0 Å². The average molecular weight is 362 g/mol. The molecule has 1 rings (SSSR count). The predicted molar refractivity (Wildman–Crippen MR) is 75.9 cm³/mol. The molecule has 1 aromatic rings. The number of nitro groups is 1. The van der Waals surface area contributed by atoms with Crippen molar-refractivity contribution in [2.45, 2.75) is 0 Å². The molecule has 0 unspecified atom stereocenters. The van der Waals surface area contributed by atoms with Gasteiger partial charge in [-0.05, 0) is 28.7 Å². The second kappa shape index (κ2) is 6.34. The van der Waals surface area contributed by atoms with Crippen molar-refractivity contribution >= 4 is 39.9 Å². The summed E-state index contributed by atoms with van der Waals surface area (Å²) in [5, 5.41) is 19.4. The highest BCUT2D eigenvalue weighted by atomic mass is 127. The number of hydrogen-bond acceptors (Lipinski definition) is 4. The van der Waals surface area contributed by atoms with Crippen LogP contribution in [0.5, 0.6) is 0 Å². The second-order valence-corrected chi connectivity index (χ2v) is 4.62. The summed E-state index contributed by atoms with van der Waals surface area (Å²) in [5.74, 6) is -0.967. The van der Waals surface area contributed by atoms with Crippen molar-refractivity contribution in [3.8, 4) is 0 Å². The molecule has 0 atom stereocenters. The molecule has 1 N–H and O–H groups in total. The van der Waals surface area contributed by atoms with Gasteiger partial charge in [-0.15, -0.1) is 6.58 Å². The highest BCUT2D eigenvalue weighted by Crippen LogP contribution is 2.26. The van der Waals surface area contributed by atoms with Gasteiger partial charge in [0.2, 0.25) is 0 Å². The van der Waals surface area contributed by atoms with Crippen LogP contribution in [0.4, 0.5) is 11.4 Å². The Morgan fingerprint density at radius 1 is 1.61 bits per heavy atom. The van der Waals surface area contributed by atoms with Crippen LogP contribution in [0.3, 0.4) is 0 Å². The van der Waals surface area contributed by atoms with Gasteiger partial charge in [0.25, 0.3) is 5.69 Å². The number of aliphatic carboxylic acids is 1. The molecule has 0 spiro atoms. The molecule has 0 saturated carbocycles. The summed E-state index contributed by atoms with van der Waals surface area (Å²) in [7, 11) is 0. The molecular formula is C11H11IN2O4. The van der Waals surface area contributed by atoms with Gasteiger partial charge in [0, 0.05) is 22.2 Å². The van der Waals surface area contributed by atoms with Gasteiger partial charge in [-0.2, -0.15) is 0 Å². The molecule has 0 radical (unpaired) electrons. The highest BCUT2D eigenvalue weighted by molar-refractivity contribution is 14.1. The Morgan fingerprint density at radius 2 is 2.28 bits per heavy atom. The molecule has 0 heterocycles. The van der Waals surface area contributed by atoms with Gasteiger partial charge in [0.05, 0.1) is 10.6 Å². The van der Waals surface area contributed by atoms with E-state index in [2.05, 4.69) is 6.58 Å². The lowest BCUT2D eigenvalue weighted by molar-refractivity contribution is -0.384. The van der Waals surface area contributed by atoms with E-state index in [1.807, 2.05) is 22.6 Å². The highest BCUT2D eigenvalue weighted by Gasteiger charge is 2.15. The standard InChI is InChI=1S/C11H11IN2O4/c1-2-5-13(7-11(15)16)10-4-3-8(14(17)18)6-9(10)12/h2-4,6H,1,5,7H2,(H,15,16). The summed E-state index contributed by atoms with van der Waals surface area (Å²) in [6.45, 7) is 3.74. The van der Waals surface area contributed by atoms with Crippen LogP contribution in [-0.2, 0) is 4.79 Å². The summed E-state index contributed by atoms with van der Waals surface area (Å²) in [5.41, 5.74) is 0.625. The number of nitro benzene ring substituents is 1. The van der Waals surface area contributed by atoms with Crippen LogP contribution in [0.15, 0.2) is 30.9 Å². The molecule has 0 aliphatic heterocycles. The second-order valence-electron chi connectivity index (χ2n) is 3.46. The molecular weight excluding hydrogens is 351 g/mol. The van der Waals surface area contributed by atoms with E-state index in [1.54, 1.807) is 17.0 Å². The number of non-ortho nitro benzene ring substituents is 1. The van der Waals surface area contributed by atoms with Gasteiger partial charge in [-0.3, -0.25) is 14.9 Å². The van der Waals surface area contributed by atoms with E-state index in [0.717, 1.165) is 0 Å². The first kappa shape index (κ1) is 14.4. The van der Waals surface area contributed by atoms with Crippen LogP contribution in [0.25, 0.3) is 0 Å². The summed E-state index contributed by atoms with van der Waals surface area (Å²) >= 11 is 1.95. The Balaban J connectivity index is 3.08. The van der Waals surface area contributed by atoms with Crippen LogP contribution in [0.2, 0.25) is 0 Å². The molecule has 96 valence electrons. The quantitative estimate of drug-likeness (QED) is 0.363. The van der Waals surface area contributed by atoms with Gasteiger partial charge < -0.3 is 10.0 Å². The van der Waals surface area contributed by atoms with Crippen LogP contribution < -0.4 is 4.90 Å². The molecule has 0 aromatic heterocycles. The maximum Gasteiger partial charge on any atom is 0.323 e. The van der Waals surface area contributed by atoms with Gasteiger partial charge in [0.1, 0.15) is 6.54 Å². The Morgan fingerprint density at radius 3 is 2.72 bits per heavy atom. The molecule has 0 amide bonds. The fourth-order valence-corrected chi connectivity index (χ4v) is 2.27. The smallest absolute Gasteiger partial charge is 0.323 e. The van der Waals surface area contributed by atoms with Crippen LogP contribution in [0, 0.1) is 13.7 Å². The Hall–Kier alpha value is -1.64. The van der Waals surface area contributed by atoms with Crippen molar-refractivity contribution in [2.75, 3.05) is 18.0 Å². The van der Waals surface area contributed by atoms with Crippen LogP contribution in [0.1, 0.15) is 0 Å². The molecule has 6 nitrogen and oxygen atoms in total. The van der Waals surface area contributed by atoms with E-state index in [4.69, 9.17) is 5.11 Å². The van der Waals surface area contributed by atoms with Crippen molar-refractivity contribution in [3.05, 3.63) is 44.5 Å². The fraction of sp³-hybridized carbons (Fsp3) is 0.182. The van der Waals surface area contributed by atoms with Crippen LogP contribution in [-0.4, -0.2) is 29.1 Å². The van der Waals surface area contributed by atoms with Crippen molar-refractivity contribution in [3.63, 3.8) is 0 Å². The monoisotopic (exact) mass is 362 g/mol. The van der Waals surface area contributed by atoms with E-state index in [-0.39, 0.29) is 12.2 Å². The maximum absolute atomic E-state index is 10.8. The lowest BCUT2D eigenvalue weighted by Gasteiger charge is -2.22. The first-order valence-corrected chi connectivity index (χ1v) is 6.05. The topological polar surface area (TPSA) is 83.7 Å². The Bertz CT molecular complexity index is 490. The Kier molecular flexibility index (Phi) is 5.08. The molecule has 1 aromatic carbocycles. The number of carboxylic acids is 1. The van der Waals surface area contributed by atoms with Gasteiger partial charge in [-0.25, -0.2) is 0 Å². The molecule has 0 fully saturated rings. The van der Waals surface area contributed by atoms with E-state index < -0.39 is 10.9 Å². The summed E-state index contributed by atoms with van der Waals surface area (Å²) in [6, 6.07) is 4.32. The fourth-order valence-electron chi connectivity index (χ4n) is 1.43. The third-order valence-corrected chi connectivity index (χ3v) is 3.02. The molecule has 0 saturated heterocycles. The van der Waals surface area contributed by atoms with E-state index >= 15 is 0 Å². The first-order chi connectivity index (χ1) is 8.45. The summed E-state index contributed by atoms with van der Waals surface area (Å²) in [4.78, 5) is 22.5.